The quantitative estimate of drug-likeness (QED) is 0.503. The van der Waals surface area contributed by atoms with Crippen molar-refractivity contribution in [3.63, 3.8) is 0 Å². The summed E-state index contributed by atoms with van der Waals surface area (Å²) in [5.74, 6) is 0.214. The van der Waals surface area contributed by atoms with Crippen LogP contribution < -0.4 is 4.74 Å². The highest BCUT2D eigenvalue weighted by atomic mass is 16.7. The Hall–Kier alpha value is -3.66. The molecule has 0 aliphatic carbocycles. The van der Waals surface area contributed by atoms with Gasteiger partial charge in [0.25, 0.3) is 0 Å². The molecular weight excluding hydrogens is 338 g/mol. The number of rotatable bonds is 4. The van der Waals surface area contributed by atoms with Crippen LogP contribution in [-0.2, 0) is 9.63 Å². The summed E-state index contributed by atoms with van der Waals surface area (Å²) in [6.07, 6.45) is 1.75. The van der Waals surface area contributed by atoms with Crippen molar-refractivity contribution in [3.05, 3.63) is 95.6 Å². The zero-order valence-corrected chi connectivity index (χ0v) is 14.8. The third kappa shape index (κ3) is 3.37. The molecule has 3 aromatic carbocycles. The highest BCUT2D eigenvalue weighted by Gasteiger charge is 2.27. The first kappa shape index (κ1) is 16.8. The lowest BCUT2D eigenvalue weighted by atomic mass is 9.97. The molecule has 0 fully saturated rings. The molecule has 0 saturated carbocycles. The van der Waals surface area contributed by atoms with E-state index in [1.54, 1.807) is 13.2 Å². The smallest absolute Gasteiger partial charge is 0.368 e. The number of benzene rings is 3. The van der Waals surface area contributed by atoms with E-state index >= 15 is 0 Å². The summed E-state index contributed by atoms with van der Waals surface area (Å²) >= 11 is 0. The largest absolute Gasteiger partial charge is 0.496 e. The Morgan fingerprint density at radius 3 is 2.19 bits per heavy atom. The molecule has 0 radical (unpaired) electrons. The van der Waals surface area contributed by atoms with Crippen molar-refractivity contribution in [2.75, 3.05) is 7.11 Å². The fourth-order valence-electron chi connectivity index (χ4n) is 3.01. The van der Waals surface area contributed by atoms with Crippen molar-refractivity contribution in [3.8, 4) is 16.9 Å². The van der Waals surface area contributed by atoms with Crippen LogP contribution in [0.25, 0.3) is 17.2 Å². The van der Waals surface area contributed by atoms with Crippen LogP contribution in [0.3, 0.4) is 0 Å². The Morgan fingerprint density at radius 1 is 0.815 bits per heavy atom. The second-order valence-electron chi connectivity index (χ2n) is 6.06. The second-order valence-corrected chi connectivity index (χ2v) is 6.06. The molecule has 3 aromatic rings. The number of carbonyl (C=O) groups excluding carboxylic acids is 1. The molecule has 0 unspecified atom stereocenters. The fraction of sp³-hybridized carbons (Fsp3) is 0.0435. The summed E-state index contributed by atoms with van der Waals surface area (Å²) in [5.41, 5.74) is 4.77. The average molecular weight is 355 g/mol. The van der Waals surface area contributed by atoms with E-state index in [0.29, 0.717) is 17.0 Å². The van der Waals surface area contributed by atoms with E-state index < -0.39 is 5.97 Å². The minimum Gasteiger partial charge on any atom is -0.496 e. The Bertz CT molecular complexity index is 1030. The predicted octanol–water partition coefficient (Wildman–Crippen LogP) is 4.71. The molecule has 132 valence electrons. The Kier molecular flexibility index (Phi) is 4.54. The number of nitrogens with zero attached hydrogens (tertiary/aromatic N) is 1. The average Bonchev–Trinajstić information content (AvgIpc) is 3.09. The van der Waals surface area contributed by atoms with Gasteiger partial charge in [-0.15, -0.1) is 0 Å². The van der Waals surface area contributed by atoms with Gasteiger partial charge in [0, 0.05) is 11.1 Å². The van der Waals surface area contributed by atoms with Gasteiger partial charge in [0.15, 0.2) is 0 Å². The number of hydrogen-bond donors (Lipinski definition) is 0. The van der Waals surface area contributed by atoms with Crippen molar-refractivity contribution in [1.82, 2.24) is 0 Å². The van der Waals surface area contributed by atoms with Crippen molar-refractivity contribution in [1.29, 1.82) is 0 Å². The molecule has 4 rings (SSSR count). The summed E-state index contributed by atoms with van der Waals surface area (Å²) in [6, 6.07) is 25.5. The number of methoxy groups -OCH3 is 1. The van der Waals surface area contributed by atoms with E-state index in [4.69, 9.17) is 9.57 Å². The molecule has 4 heteroatoms. The lowest BCUT2D eigenvalue weighted by molar-refractivity contribution is -0.136. The van der Waals surface area contributed by atoms with Crippen LogP contribution in [0.4, 0.5) is 0 Å². The molecule has 0 spiro atoms. The normalized spacial score (nSPS) is 14.8. The summed E-state index contributed by atoms with van der Waals surface area (Å²) < 4.78 is 5.36. The Labute approximate surface area is 157 Å². The van der Waals surface area contributed by atoms with Crippen LogP contribution in [0.2, 0.25) is 0 Å². The van der Waals surface area contributed by atoms with Crippen molar-refractivity contribution in [2.24, 2.45) is 5.16 Å². The van der Waals surface area contributed by atoms with Crippen LogP contribution in [-0.4, -0.2) is 18.8 Å². The molecule has 27 heavy (non-hydrogen) atoms. The van der Waals surface area contributed by atoms with E-state index in [1.807, 2.05) is 66.7 Å². The van der Waals surface area contributed by atoms with Crippen LogP contribution >= 0.6 is 0 Å². The summed E-state index contributed by atoms with van der Waals surface area (Å²) in [6.45, 7) is 0. The number of oxime groups is 1. The van der Waals surface area contributed by atoms with E-state index in [0.717, 1.165) is 22.3 Å². The van der Waals surface area contributed by atoms with Gasteiger partial charge >= 0.3 is 5.97 Å². The second kappa shape index (κ2) is 7.30. The van der Waals surface area contributed by atoms with Gasteiger partial charge in [-0.05, 0) is 23.3 Å². The molecule has 1 aliphatic rings. The SMILES string of the molecule is COc1ccccc1C=C1C(=O)ON=C1c1ccc(-c2ccccc2)cc1. The molecule has 0 aromatic heterocycles. The summed E-state index contributed by atoms with van der Waals surface area (Å²) in [4.78, 5) is 17.1. The van der Waals surface area contributed by atoms with Crippen molar-refractivity contribution < 1.29 is 14.4 Å². The maximum absolute atomic E-state index is 12.2. The zero-order valence-electron chi connectivity index (χ0n) is 14.8. The molecule has 0 amide bonds. The monoisotopic (exact) mass is 355 g/mol. The van der Waals surface area contributed by atoms with E-state index in [1.165, 1.54) is 0 Å². The van der Waals surface area contributed by atoms with Gasteiger partial charge in [-0.2, -0.15) is 0 Å². The van der Waals surface area contributed by atoms with Gasteiger partial charge in [0.2, 0.25) is 0 Å². The lowest BCUT2D eigenvalue weighted by Crippen LogP contribution is -2.07. The maximum Gasteiger partial charge on any atom is 0.368 e. The van der Waals surface area contributed by atoms with Crippen molar-refractivity contribution in [2.45, 2.75) is 0 Å². The summed E-state index contributed by atoms with van der Waals surface area (Å²) in [7, 11) is 1.60. The molecule has 0 atom stereocenters. The van der Waals surface area contributed by atoms with Gasteiger partial charge in [-0.1, -0.05) is 78.0 Å². The van der Waals surface area contributed by atoms with Crippen LogP contribution in [0.15, 0.2) is 89.6 Å². The fourth-order valence-corrected chi connectivity index (χ4v) is 3.01. The lowest BCUT2D eigenvalue weighted by Gasteiger charge is -2.06. The number of carbonyl (C=O) groups is 1. The highest BCUT2D eigenvalue weighted by Crippen LogP contribution is 2.26. The molecular formula is C23H17NO3. The minimum absolute atomic E-state index is 0.409. The molecule has 4 nitrogen and oxygen atoms in total. The molecule has 0 saturated heterocycles. The van der Waals surface area contributed by atoms with E-state index in [9.17, 15) is 4.79 Å². The molecule has 1 heterocycles. The minimum atomic E-state index is -0.469. The topological polar surface area (TPSA) is 47.9 Å². The third-order valence-electron chi connectivity index (χ3n) is 4.40. The summed E-state index contributed by atoms with van der Waals surface area (Å²) in [5, 5.41) is 3.98. The van der Waals surface area contributed by atoms with Gasteiger partial charge < -0.3 is 9.57 Å². The van der Waals surface area contributed by atoms with E-state index in [-0.39, 0.29) is 0 Å². The first-order valence-electron chi connectivity index (χ1n) is 8.56. The zero-order chi connectivity index (χ0) is 18.6. The standard InChI is InChI=1S/C23H17NO3/c1-26-21-10-6-5-9-19(21)15-20-22(24-27-23(20)25)18-13-11-17(12-14-18)16-7-3-2-4-8-16/h2-15H,1H3. The Morgan fingerprint density at radius 2 is 1.44 bits per heavy atom. The number of ether oxygens (including phenoxy) is 1. The number of hydrogen-bond acceptors (Lipinski definition) is 4. The molecule has 0 bridgehead atoms. The predicted molar refractivity (Wildman–Crippen MR) is 105 cm³/mol. The van der Waals surface area contributed by atoms with Gasteiger partial charge in [0.05, 0.1) is 12.7 Å². The highest BCUT2D eigenvalue weighted by molar-refractivity contribution is 6.31. The van der Waals surface area contributed by atoms with Crippen LogP contribution in [0.1, 0.15) is 11.1 Å². The van der Waals surface area contributed by atoms with E-state index in [2.05, 4.69) is 17.3 Å². The maximum atomic E-state index is 12.2. The number of para-hydroxylation sites is 1. The first-order valence-corrected chi connectivity index (χ1v) is 8.56. The van der Waals surface area contributed by atoms with Crippen LogP contribution in [0.5, 0.6) is 5.75 Å². The van der Waals surface area contributed by atoms with Gasteiger partial charge in [-0.3, -0.25) is 0 Å². The van der Waals surface area contributed by atoms with Gasteiger partial charge in [0.1, 0.15) is 11.5 Å². The van der Waals surface area contributed by atoms with Crippen molar-refractivity contribution >= 4 is 17.8 Å². The molecule has 0 N–H and O–H groups in total. The first-order chi connectivity index (χ1) is 13.3. The third-order valence-corrected chi connectivity index (χ3v) is 4.40. The molecule has 1 aliphatic heterocycles. The Balaban J connectivity index is 1.68. The van der Waals surface area contributed by atoms with Gasteiger partial charge in [-0.25, -0.2) is 4.79 Å². The van der Waals surface area contributed by atoms with Crippen LogP contribution in [0, 0.1) is 0 Å².